The van der Waals surface area contributed by atoms with Crippen molar-refractivity contribution in [3.63, 3.8) is 0 Å². The van der Waals surface area contributed by atoms with Crippen LogP contribution in [0.4, 0.5) is 10.1 Å². The van der Waals surface area contributed by atoms with Gasteiger partial charge in [-0.2, -0.15) is 0 Å². The molecule has 9 heteroatoms. The van der Waals surface area contributed by atoms with Gasteiger partial charge in [-0.25, -0.2) is 4.39 Å². The maximum Gasteiger partial charge on any atom is 0.300 e. The van der Waals surface area contributed by atoms with Crippen LogP contribution in [0.3, 0.4) is 0 Å². The molecule has 0 unspecified atom stereocenters. The summed E-state index contributed by atoms with van der Waals surface area (Å²) in [7, 11) is 0. The summed E-state index contributed by atoms with van der Waals surface area (Å²) in [5, 5.41) is 10.2. The molecule has 3 heterocycles. The molecule has 0 atom stereocenters. The quantitative estimate of drug-likeness (QED) is 0.541. The molecule has 0 fully saturated rings. The smallest absolute Gasteiger partial charge is 0.300 e. The number of amides is 2. The number of carbonyl (C=O) groups is 3. The highest BCUT2D eigenvalue weighted by Gasteiger charge is 2.29. The highest BCUT2D eigenvalue weighted by Crippen LogP contribution is 2.35. The van der Waals surface area contributed by atoms with Crippen LogP contribution < -0.4 is 5.32 Å². The van der Waals surface area contributed by atoms with Crippen molar-refractivity contribution in [3.8, 4) is 0 Å². The molecule has 0 spiro atoms. The Hall–Kier alpha value is -3.46. The predicted molar refractivity (Wildman–Crippen MR) is 134 cm³/mol. The number of H-pyrrole nitrogens is 1. The molecule has 0 radical (unpaired) electrons. The third-order valence-electron chi connectivity index (χ3n) is 6.36. The summed E-state index contributed by atoms with van der Waals surface area (Å²) < 4.78 is 13.8. The maximum atomic E-state index is 13.8. The average Bonchev–Trinajstić information content (AvgIpc) is 3.22. The number of likely N-dealkylation sites (N-methyl/N-ethyl adjacent to an activating group) is 1. The van der Waals surface area contributed by atoms with Gasteiger partial charge in [0.25, 0.3) is 17.8 Å². The van der Waals surface area contributed by atoms with Crippen molar-refractivity contribution in [1.29, 1.82) is 0 Å². The third kappa shape index (κ3) is 5.97. The van der Waals surface area contributed by atoms with Crippen molar-refractivity contribution in [3.05, 3.63) is 52.1 Å². The number of carboxylic acids is 1. The molecular formula is C26H33FN4O4. The van der Waals surface area contributed by atoms with Crippen LogP contribution in [0.1, 0.15) is 60.1 Å². The van der Waals surface area contributed by atoms with E-state index < -0.39 is 5.97 Å². The minimum absolute atomic E-state index is 0.0420. The number of benzene rings is 1. The van der Waals surface area contributed by atoms with E-state index in [-0.39, 0.29) is 17.6 Å². The Kier molecular flexibility index (Phi) is 8.45. The number of hydrogen-bond acceptors (Lipinski definition) is 4. The molecule has 0 saturated heterocycles. The predicted octanol–water partition coefficient (Wildman–Crippen LogP) is 3.78. The average molecular weight is 485 g/mol. The van der Waals surface area contributed by atoms with Crippen molar-refractivity contribution in [2.24, 2.45) is 0 Å². The van der Waals surface area contributed by atoms with Gasteiger partial charge in [0.1, 0.15) is 5.82 Å². The van der Waals surface area contributed by atoms with Crippen LogP contribution in [0.15, 0.2) is 18.2 Å². The Morgan fingerprint density at radius 1 is 1.26 bits per heavy atom. The van der Waals surface area contributed by atoms with E-state index in [1.165, 1.54) is 12.1 Å². The number of aryl methyl sites for hydroxylation is 1. The summed E-state index contributed by atoms with van der Waals surface area (Å²) in [6.07, 6.45) is 3.41. The van der Waals surface area contributed by atoms with Crippen molar-refractivity contribution in [2.45, 2.75) is 40.5 Å². The van der Waals surface area contributed by atoms with Gasteiger partial charge in [-0.15, -0.1) is 0 Å². The first-order chi connectivity index (χ1) is 16.7. The second-order valence-corrected chi connectivity index (χ2v) is 8.66. The van der Waals surface area contributed by atoms with Gasteiger partial charge in [-0.1, -0.05) is 13.8 Å². The molecule has 1 aromatic heterocycles. The lowest BCUT2D eigenvalue weighted by atomic mass is 10.0. The Bertz CT molecular complexity index is 1150. The van der Waals surface area contributed by atoms with Crippen LogP contribution in [0.2, 0.25) is 0 Å². The van der Waals surface area contributed by atoms with E-state index in [9.17, 15) is 14.0 Å². The van der Waals surface area contributed by atoms with E-state index in [0.29, 0.717) is 28.9 Å². The topological polar surface area (TPSA) is 106 Å². The van der Waals surface area contributed by atoms with E-state index in [4.69, 9.17) is 9.90 Å². The van der Waals surface area contributed by atoms with Crippen LogP contribution >= 0.6 is 0 Å². The number of fused-ring (bicyclic) bond motifs is 2. The van der Waals surface area contributed by atoms with Gasteiger partial charge < -0.3 is 25.2 Å². The molecule has 0 aliphatic carbocycles. The third-order valence-corrected chi connectivity index (χ3v) is 6.36. The zero-order valence-electron chi connectivity index (χ0n) is 20.7. The molecule has 2 aliphatic rings. The summed E-state index contributed by atoms with van der Waals surface area (Å²) in [6, 6.07) is 4.26. The number of nitrogens with one attached hydrogen (secondary N) is 2. The number of aromatic amines is 1. The number of anilines is 1. The molecule has 188 valence electrons. The van der Waals surface area contributed by atoms with Crippen molar-refractivity contribution in [1.82, 2.24) is 14.8 Å². The monoisotopic (exact) mass is 484 g/mol. The number of aliphatic carboxylic acids is 1. The first-order valence-electron chi connectivity index (χ1n) is 11.9. The zero-order chi connectivity index (χ0) is 25.7. The Morgan fingerprint density at radius 3 is 2.60 bits per heavy atom. The van der Waals surface area contributed by atoms with Gasteiger partial charge in [-0.3, -0.25) is 14.4 Å². The Labute approximate surface area is 204 Å². The molecule has 0 saturated carbocycles. The van der Waals surface area contributed by atoms with Crippen LogP contribution in [-0.4, -0.2) is 70.4 Å². The second kappa shape index (κ2) is 11.3. The maximum absolute atomic E-state index is 13.8. The largest absolute Gasteiger partial charge is 0.481 e. The summed E-state index contributed by atoms with van der Waals surface area (Å²) >= 11 is 0. The van der Waals surface area contributed by atoms with Crippen LogP contribution in [-0.2, 0) is 16.0 Å². The number of halogens is 1. The molecule has 1 aromatic carbocycles. The minimum Gasteiger partial charge on any atom is -0.481 e. The number of nitrogens with zero attached hydrogens (tertiary/aromatic N) is 2. The fourth-order valence-electron chi connectivity index (χ4n) is 4.47. The molecule has 2 aliphatic heterocycles. The number of carboxylic acid groups (broad SMARTS) is 1. The molecule has 2 amide bonds. The van der Waals surface area contributed by atoms with Crippen molar-refractivity contribution < 1.29 is 23.9 Å². The van der Waals surface area contributed by atoms with E-state index in [1.54, 1.807) is 12.1 Å². The Balaban J connectivity index is 0.000000795. The summed E-state index contributed by atoms with van der Waals surface area (Å²) in [5.74, 6) is -1.45. The van der Waals surface area contributed by atoms with E-state index >= 15 is 0 Å². The van der Waals surface area contributed by atoms with Crippen molar-refractivity contribution in [2.75, 3.05) is 38.0 Å². The zero-order valence-corrected chi connectivity index (χ0v) is 20.7. The van der Waals surface area contributed by atoms with E-state index in [0.717, 1.165) is 62.9 Å². The Morgan fingerprint density at radius 2 is 1.94 bits per heavy atom. The number of rotatable bonds is 6. The van der Waals surface area contributed by atoms with Gasteiger partial charge in [0, 0.05) is 49.2 Å². The lowest BCUT2D eigenvalue weighted by molar-refractivity contribution is -0.134. The van der Waals surface area contributed by atoms with Gasteiger partial charge >= 0.3 is 0 Å². The SMILES string of the molecule is CC(=O)O.CCN(CC)CCN1CCCc2[nH]c(/C=C3\C(=O)Nc4ccc(F)cc43)c(C)c2C1=O. The first kappa shape index (κ1) is 26.2. The van der Waals surface area contributed by atoms with Crippen LogP contribution in [0.25, 0.3) is 11.6 Å². The number of aromatic nitrogens is 1. The molecule has 0 bridgehead atoms. The lowest BCUT2D eigenvalue weighted by Crippen LogP contribution is -2.38. The summed E-state index contributed by atoms with van der Waals surface area (Å²) in [5.41, 5.74) is 4.73. The first-order valence-corrected chi connectivity index (χ1v) is 11.9. The summed E-state index contributed by atoms with van der Waals surface area (Å²) in [4.78, 5) is 42.4. The normalized spacial score (nSPS) is 15.9. The minimum atomic E-state index is -0.833. The van der Waals surface area contributed by atoms with Gasteiger partial charge in [0.05, 0.1) is 11.1 Å². The van der Waals surface area contributed by atoms with E-state index in [1.807, 2.05) is 11.8 Å². The van der Waals surface area contributed by atoms with E-state index in [2.05, 4.69) is 29.0 Å². The summed E-state index contributed by atoms with van der Waals surface area (Å²) in [6.45, 7) is 11.5. The highest BCUT2D eigenvalue weighted by molar-refractivity contribution is 6.34. The molecular weight excluding hydrogens is 451 g/mol. The van der Waals surface area contributed by atoms with Crippen molar-refractivity contribution >= 4 is 35.1 Å². The van der Waals surface area contributed by atoms with Crippen LogP contribution in [0, 0.1) is 12.7 Å². The van der Waals surface area contributed by atoms with Gasteiger partial charge in [-0.05, 0) is 62.7 Å². The fourth-order valence-corrected chi connectivity index (χ4v) is 4.47. The highest BCUT2D eigenvalue weighted by atomic mass is 19.1. The molecule has 8 nitrogen and oxygen atoms in total. The second-order valence-electron chi connectivity index (χ2n) is 8.66. The molecule has 2 aromatic rings. The molecule has 4 rings (SSSR count). The van der Waals surface area contributed by atoms with Crippen LogP contribution in [0.5, 0.6) is 0 Å². The van der Waals surface area contributed by atoms with Gasteiger partial charge in [0.2, 0.25) is 0 Å². The molecule has 35 heavy (non-hydrogen) atoms. The standard InChI is InChI=1S/C24H29FN4O2.C2H4O2/c1-4-28(5-2)11-12-29-10-6-7-20-22(24(29)31)15(3)21(26-20)14-18-17-13-16(25)8-9-19(17)27-23(18)30;1-2(3)4/h8-9,13-14,26H,4-7,10-12H2,1-3H3,(H,27,30);1H3,(H,3,4)/b18-14-;. The fraction of sp³-hybridized carbons (Fsp3) is 0.423. The van der Waals surface area contributed by atoms with Gasteiger partial charge in [0.15, 0.2) is 0 Å². The number of hydrogen-bond donors (Lipinski definition) is 3. The lowest BCUT2D eigenvalue weighted by Gasteiger charge is -2.25. The molecule has 3 N–H and O–H groups in total. The number of carbonyl (C=O) groups excluding carboxylic acids is 2.